The van der Waals surface area contributed by atoms with Crippen LogP contribution in [0.15, 0.2) is 45.4 Å². The lowest BCUT2D eigenvalue weighted by Crippen LogP contribution is -1.85. The van der Waals surface area contributed by atoms with Crippen LogP contribution in [0.3, 0.4) is 0 Å². The molecule has 4 N–H and O–H groups in total. The predicted octanol–water partition coefficient (Wildman–Crippen LogP) is 4.33. The van der Waals surface area contributed by atoms with Gasteiger partial charge in [-0.25, -0.2) is 0 Å². The maximum Gasteiger partial charge on any atom is 0.178 e. The molecule has 0 aromatic heterocycles. The molecule has 0 amide bonds. The summed E-state index contributed by atoms with van der Waals surface area (Å²) in [7, 11) is 0. The summed E-state index contributed by atoms with van der Waals surface area (Å²) >= 11 is 6.19. The first-order chi connectivity index (χ1) is 11.3. The number of halogens is 2. The van der Waals surface area contributed by atoms with Gasteiger partial charge in [0.25, 0.3) is 0 Å². The molecule has 0 saturated carbocycles. The van der Waals surface area contributed by atoms with Crippen molar-refractivity contribution in [2.75, 3.05) is 0 Å². The van der Waals surface area contributed by atoms with Crippen LogP contribution in [0.4, 0.5) is 0 Å². The van der Waals surface area contributed by atoms with Gasteiger partial charge in [-0.3, -0.25) is 4.79 Å². The van der Waals surface area contributed by atoms with E-state index in [1.165, 1.54) is 36.4 Å². The predicted molar refractivity (Wildman–Crippen MR) is 98.0 cm³/mol. The third-order valence-electron chi connectivity index (χ3n) is 3.01. The first kappa shape index (κ1) is 18.1. The number of rotatable bonds is 4. The van der Waals surface area contributed by atoms with E-state index in [4.69, 9.17) is 0 Å². The summed E-state index contributed by atoms with van der Waals surface area (Å²) in [5.74, 6) is -1.44. The Morgan fingerprint density at radius 2 is 1.12 bits per heavy atom. The lowest BCUT2D eigenvalue weighted by molar-refractivity contribution is -0.110. The van der Waals surface area contributed by atoms with E-state index in [-0.39, 0.29) is 28.8 Å². The Labute approximate surface area is 154 Å². The van der Waals surface area contributed by atoms with E-state index in [1.54, 1.807) is 12.1 Å². The fraction of sp³-hybridized carbons (Fsp3) is 0. The number of hydrogen-bond donors (Lipinski definition) is 4. The molecule has 0 saturated heterocycles. The van der Waals surface area contributed by atoms with Gasteiger partial charge in [0.1, 0.15) is 0 Å². The highest BCUT2D eigenvalue weighted by molar-refractivity contribution is 9.10. The van der Waals surface area contributed by atoms with Crippen molar-refractivity contribution in [2.24, 2.45) is 0 Å². The van der Waals surface area contributed by atoms with Gasteiger partial charge >= 0.3 is 0 Å². The number of allylic oxidation sites excluding steroid dienone is 2. The molecule has 0 radical (unpaired) electrons. The molecule has 2 aromatic carbocycles. The third kappa shape index (κ3) is 4.39. The van der Waals surface area contributed by atoms with Gasteiger partial charge in [0.05, 0.1) is 8.95 Å². The van der Waals surface area contributed by atoms with Crippen LogP contribution in [0.2, 0.25) is 0 Å². The highest BCUT2D eigenvalue weighted by atomic mass is 79.9. The van der Waals surface area contributed by atoms with Crippen molar-refractivity contribution < 1.29 is 25.2 Å². The van der Waals surface area contributed by atoms with Gasteiger partial charge in [0.15, 0.2) is 28.8 Å². The number of ketones is 1. The number of benzene rings is 2. The average molecular weight is 456 g/mol. The van der Waals surface area contributed by atoms with Crippen LogP contribution in [0, 0.1) is 0 Å². The van der Waals surface area contributed by atoms with Crippen LogP contribution in [0.25, 0.3) is 12.2 Å². The van der Waals surface area contributed by atoms with Gasteiger partial charge in [-0.05, 0) is 79.4 Å². The number of phenolic OH excluding ortho intramolecular Hbond substituents is 4. The Morgan fingerprint density at radius 1 is 0.750 bits per heavy atom. The molecule has 7 heteroatoms. The monoisotopic (exact) mass is 454 g/mol. The Balaban J connectivity index is 2.13. The molecule has 0 aliphatic carbocycles. The summed E-state index contributed by atoms with van der Waals surface area (Å²) in [5, 5.41) is 37.9. The van der Waals surface area contributed by atoms with Crippen LogP contribution in [-0.2, 0) is 4.79 Å². The SMILES string of the molecule is O=C(C=Cc1cc(O)c(O)c(Br)c1)C=Cc1cc(O)c(O)c(Br)c1. The largest absolute Gasteiger partial charge is 0.504 e. The van der Waals surface area contributed by atoms with Crippen LogP contribution in [0.5, 0.6) is 23.0 Å². The van der Waals surface area contributed by atoms with Crippen LogP contribution < -0.4 is 0 Å². The zero-order chi connectivity index (χ0) is 17.9. The summed E-state index contributed by atoms with van der Waals surface area (Å²) in [5.41, 5.74) is 1.06. The van der Waals surface area contributed by atoms with E-state index >= 15 is 0 Å². The second-order valence-corrected chi connectivity index (χ2v) is 6.52. The first-order valence-electron chi connectivity index (χ1n) is 6.61. The number of carbonyl (C=O) groups excluding carboxylic acids is 1. The Bertz CT molecular complexity index is 741. The number of aromatic hydroxyl groups is 4. The molecule has 2 aromatic rings. The molecule has 5 nitrogen and oxygen atoms in total. The Morgan fingerprint density at radius 3 is 1.46 bits per heavy atom. The van der Waals surface area contributed by atoms with Gasteiger partial charge in [0, 0.05) is 0 Å². The Kier molecular flexibility index (Phi) is 5.69. The van der Waals surface area contributed by atoms with Crippen molar-refractivity contribution in [1.82, 2.24) is 0 Å². The standard InChI is InChI=1S/C17H12Br2O5/c18-12-5-9(7-14(21)16(12)23)1-3-11(20)4-2-10-6-13(19)17(24)15(22)8-10/h1-8,21-24H. The zero-order valence-electron chi connectivity index (χ0n) is 12.1. The lowest BCUT2D eigenvalue weighted by atomic mass is 10.1. The minimum absolute atomic E-state index is 0.268. The van der Waals surface area contributed by atoms with Gasteiger partial charge in [0.2, 0.25) is 0 Å². The molecule has 0 bridgehead atoms. The van der Waals surface area contributed by atoms with Crippen LogP contribution in [-0.4, -0.2) is 26.2 Å². The second-order valence-electron chi connectivity index (χ2n) is 4.81. The average Bonchev–Trinajstić information content (AvgIpc) is 2.53. The molecule has 124 valence electrons. The smallest absolute Gasteiger partial charge is 0.178 e. The van der Waals surface area contributed by atoms with Gasteiger partial charge in [-0.1, -0.05) is 12.2 Å². The van der Waals surface area contributed by atoms with Gasteiger partial charge < -0.3 is 20.4 Å². The molecule has 0 spiro atoms. The number of carbonyl (C=O) groups is 1. The highest BCUT2D eigenvalue weighted by Crippen LogP contribution is 2.35. The van der Waals surface area contributed by atoms with E-state index in [0.717, 1.165) is 0 Å². The van der Waals surface area contributed by atoms with E-state index in [0.29, 0.717) is 20.1 Å². The first-order valence-corrected chi connectivity index (χ1v) is 8.19. The summed E-state index contributed by atoms with van der Waals surface area (Å²) in [6.45, 7) is 0. The summed E-state index contributed by atoms with van der Waals surface area (Å²) in [6.07, 6.45) is 5.57. The molecule has 0 atom stereocenters. The number of hydrogen-bond acceptors (Lipinski definition) is 5. The normalized spacial score (nSPS) is 11.4. The molecule has 0 heterocycles. The fourth-order valence-electron chi connectivity index (χ4n) is 1.81. The molecule has 0 aliphatic heterocycles. The van der Waals surface area contributed by atoms with E-state index in [1.807, 2.05) is 0 Å². The second kappa shape index (κ2) is 7.55. The van der Waals surface area contributed by atoms with Gasteiger partial charge in [-0.15, -0.1) is 0 Å². The maximum absolute atomic E-state index is 11.8. The maximum atomic E-state index is 11.8. The van der Waals surface area contributed by atoms with E-state index in [2.05, 4.69) is 31.9 Å². The van der Waals surface area contributed by atoms with Crippen molar-refractivity contribution in [3.63, 3.8) is 0 Å². The number of phenols is 4. The van der Waals surface area contributed by atoms with E-state index in [9.17, 15) is 25.2 Å². The minimum Gasteiger partial charge on any atom is -0.504 e. The van der Waals surface area contributed by atoms with Crippen molar-refractivity contribution in [2.45, 2.75) is 0 Å². The van der Waals surface area contributed by atoms with Gasteiger partial charge in [-0.2, -0.15) is 0 Å². The van der Waals surface area contributed by atoms with Crippen molar-refractivity contribution in [1.29, 1.82) is 0 Å². The molecule has 0 unspecified atom stereocenters. The Hall–Kier alpha value is -2.25. The third-order valence-corrected chi connectivity index (χ3v) is 4.22. The lowest BCUT2D eigenvalue weighted by Gasteiger charge is -2.02. The molecule has 24 heavy (non-hydrogen) atoms. The van der Waals surface area contributed by atoms with Crippen molar-refractivity contribution in [3.05, 3.63) is 56.5 Å². The topological polar surface area (TPSA) is 98.0 Å². The quantitative estimate of drug-likeness (QED) is 0.406. The van der Waals surface area contributed by atoms with Crippen LogP contribution >= 0.6 is 31.9 Å². The summed E-state index contributed by atoms with van der Waals surface area (Å²) in [4.78, 5) is 11.8. The molecular weight excluding hydrogens is 444 g/mol. The summed E-state index contributed by atoms with van der Waals surface area (Å²) in [6, 6.07) is 5.75. The van der Waals surface area contributed by atoms with Crippen molar-refractivity contribution >= 4 is 49.8 Å². The molecule has 2 rings (SSSR count). The highest BCUT2D eigenvalue weighted by Gasteiger charge is 2.06. The van der Waals surface area contributed by atoms with Crippen LogP contribution in [0.1, 0.15) is 11.1 Å². The van der Waals surface area contributed by atoms with Crippen molar-refractivity contribution in [3.8, 4) is 23.0 Å². The molecular formula is C17H12Br2O5. The molecule has 0 fully saturated rings. The summed E-state index contributed by atoms with van der Waals surface area (Å²) < 4.78 is 0.629. The molecule has 0 aliphatic rings. The van der Waals surface area contributed by atoms with E-state index < -0.39 is 0 Å². The zero-order valence-corrected chi connectivity index (χ0v) is 15.2. The minimum atomic E-state index is -0.317. The fourth-order valence-corrected chi connectivity index (χ4v) is 2.75.